The van der Waals surface area contributed by atoms with E-state index in [-0.39, 0.29) is 24.4 Å². The Morgan fingerprint density at radius 3 is 1.90 bits per heavy atom. The molecule has 0 atom stereocenters. The Hall–Kier alpha value is -3.25. The number of nitrogens with zero attached hydrogens (tertiary/aromatic N) is 1. The monoisotopic (exact) mass is 411 g/mol. The van der Waals surface area contributed by atoms with Crippen molar-refractivity contribution in [3.63, 3.8) is 0 Å². The van der Waals surface area contributed by atoms with E-state index >= 15 is 0 Å². The molecular formula is C24H23F2NO3. The summed E-state index contributed by atoms with van der Waals surface area (Å²) in [6.07, 6.45) is -0.351. The lowest BCUT2D eigenvalue weighted by Crippen LogP contribution is -2.30. The van der Waals surface area contributed by atoms with Crippen LogP contribution in [0.1, 0.15) is 22.8 Å². The average Bonchev–Trinajstić information content (AvgIpc) is 2.76. The number of ether oxygens (including phenoxy) is 2. The van der Waals surface area contributed by atoms with Crippen molar-refractivity contribution in [1.29, 1.82) is 0 Å². The van der Waals surface area contributed by atoms with Crippen LogP contribution in [-0.4, -0.2) is 31.1 Å². The second-order valence-electron chi connectivity index (χ2n) is 6.78. The third-order valence-electron chi connectivity index (χ3n) is 4.57. The van der Waals surface area contributed by atoms with Gasteiger partial charge in [0.1, 0.15) is 18.5 Å². The van der Waals surface area contributed by atoms with Gasteiger partial charge in [-0.15, -0.1) is 0 Å². The molecule has 0 aliphatic carbocycles. The molecule has 0 bridgehead atoms. The summed E-state index contributed by atoms with van der Waals surface area (Å²) in [4.78, 5) is 14.1. The lowest BCUT2D eigenvalue weighted by molar-refractivity contribution is -0.136. The van der Waals surface area contributed by atoms with Gasteiger partial charge in [-0.1, -0.05) is 72.8 Å². The molecule has 0 saturated heterocycles. The molecule has 4 nitrogen and oxygen atoms in total. The second kappa shape index (κ2) is 10.5. The Balaban J connectivity index is 1.61. The predicted octanol–water partition coefficient (Wildman–Crippen LogP) is 5.05. The van der Waals surface area contributed by atoms with E-state index in [0.717, 1.165) is 16.7 Å². The first-order chi connectivity index (χ1) is 14.5. The Kier molecular flexibility index (Phi) is 7.51. The molecule has 0 N–H and O–H groups in total. The van der Waals surface area contributed by atoms with Crippen LogP contribution in [0.25, 0.3) is 0 Å². The van der Waals surface area contributed by atoms with E-state index in [2.05, 4.69) is 4.74 Å². The van der Waals surface area contributed by atoms with Crippen LogP contribution in [0.15, 0.2) is 84.9 Å². The highest BCUT2D eigenvalue weighted by Crippen LogP contribution is 2.25. The van der Waals surface area contributed by atoms with Gasteiger partial charge in [0.15, 0.2) is 0 Å². The number of carbonyl (C=O) groups excluding carboxylic acids is 1. The zero-order valence-electron chi connectivity index (χ0n) is 16.6. The first-order valence-electron chi connectivity index (χ1n) is 9.52. The van der Waals surface area contributed by atoms with Gasteiger partial charge >= 0.3 is 6.61 Å². The third kappa shape index (κ3) is 6.12. The van der Waals surface area contributed by atoms with Crippen LogP contribution >= 0.6 is 0 Å². The minimum absolute atomic E-state index is 0.0830. The van der Waals surface area contributed by atoms with E-state index in [1.54, 1.807) is 19.2 Å². The lowest BCUT2D eigenvalue weighted by atomic mass is 10.0. The third-order valence-corrected chi connectivity index (χ3v) is 4.57. The summed E-state index contributed by atoms with van der Waals surface area (Å²) < 4.78 is 34.8. The minimum Gasteiger partial charge on any atom is -0.435 e. The fourth-order valence-corrected chi connectivity index (χ4v) is 3.04. The van der Waals surface area contributed by atoms with Crippen LogP contribution in [-0.2, 0) is 16.1 Å². The molecule has 156 valence electrons. The summed E-state index contributed by atoms with van der Waals surface area (Å²) >= 11 is 0. The molecule has 0 spiro atoms. The summed E-state index contributed by atoms with van der Waals surface area (Å²) in [5.74, 6) is -0.0978. The second-order valence-corrected chi connectivity index (χ2v) is 6.78. The van der Waals surface area contributed by atoms with Crippen molar-refractivity contribution in [2.45, 2.75) is 19.3 Å². The Labute approximate surface area is 174 Å². The van der Waals surface area contributed by atoms with Crippen molar-refractivity contribution >= 4 is 5.91 Å². The molecule has 3 rings (SSSR count). The summed E-state index contributed by atoms with van der Waals surface area (Å²) in [6, 6.07) is 25.7. The van der Waals surface area contributed by atoms with Gasteiger partial charge < -0.3 is 14.4 Å². The number of amides is 1. The van der Waals surface area contributed by atoms with Gasteiger partial charge in [0, 0.05) is 13.6 Å². The molecule has 3 aromatic carbocycles. The molecule has 30 heavy (non-hydrogen) atoms. The number of hydrogen-bond donors (Lipinski definition) is 0. The van der Waals surface area contributed by atoms with Crippen LogP contribution < -0.4 is 4.74 Å². The van der Waals surface area contributed by atoms with E-state index in [4.69, 9.17) is 4.74 Å². The zero-order chi connectivity index (χ0) is 21.3. The molecule has 0 heterocycles. The molecule has 0 unspecified atom stereocenters. The van der Waals surface area contributed by atoms with E-state index in [1.807, 2.05) is 60.7 Å². The molecule has 0 aromatic heterocycles. The Bertz CT molecular complexity index is 879. The van der Waals surface area contributed by atoms with Crippen molar-refractivity contribution < 1.29 is 23.0 Å². The quantitative estimate of drug-likeness (QED) is 0.494. The fraction of sp³-hybridized carbons (Fsp3) is 0.208. The first kappa shape index (κ1) is 21.5. The number of alkyl halides is 2. The average molecular weight is 411 g/mol. The Morgan fingerprint density at radius 2 is 1.40 bits per heavy atom. The van der Waals surface area contributed by atoms with Crippen LogP contribution in [0.5, 0.6) is 5.75 Å². The summed E-state index contributed by atoms with van der Waals surface area (Å²) in [5, 5.41) is 0. The highest BCUT2D eigenvalue weighted by molar-refractivity contribution is 5.77. The largest absolute Gasteiger partial charge is 0.435 e. The number of hydrogen-bond acceptors (Lipinski definition) is 3. The minimum atomic E-state index is -2.86. The molecule has 6 heteroatoms. The van der Waals surface area contributed by atoms with Crippen molar-refractivity contribution in [2.75, 3.05) is 13.7 Å². The van der Waals surface area contributed by atoms with Crippen LogP contribution in [0.4, 0.5) is 8.78 Å². The normalized spacial score (nSPS) is 11.0. The lowest BCUT2D eigenvalue weighted by Gasteiger charge is -2.22. The number of rotatable bonds is 9. The molecule has 1 amide bonds. The maximum atomic E-state index is 12.6. The maximum Gasteiger partial charge on any atom is 0.387 e. The van der Waals surface area contributed by atoms with Crippen LogP contribution in [0, 0.1) is 0 Å². The number of benzene rings is 3. The Morgan fingerprint density at radius 1 is 0.867 bits per heavy atom. The van der Waals surface area contributed by atoms with E-state index in [0.29, 0.717) is 6.54 Å². The van der Waals surface area contributed by atoms with Gasteiger partial charge in [0.25, 0.3) is 0 Å². The SMILES string of the molecule is CN(Cc1ccc(OC(F)F)cc1)C(=O)COC(c1ccccc1)c1ccccc1. The molecule has 0 radical (unpaired) electrons. The molecule has 0 saturated carbocycles. The van der Waals surface area contributed by atoms with Crippen molar-refractivity contribution in [2.24, 2.45) is 0 Å². The topological polar surface area (TPSA) is 38.8 Å². The van der Waals surface area contributed by atoms with Gasteiger partial charge in [0.05, 0.1) is 0 Å². The maximum absolute atomic E-state index is 12.6. The molecule has 3 aromatic rings. The van der Waals surface area contributed by atoms with Crippen molar-refractivity contribution in [3.05, 3.63) is 102 Å². The van der Waals surface area contributed by atoms with Crippen LogP contribution in [0.3, 0.4) is 0 Å². The fourth-order valence-electron chi connectivity index (χ4n) is 3.04. The van der Waals surface area contributed by atoms with E-state index in [9.17, 15) is 13.6 Å². The molecule has 0 fully saturated rings. The predicted molar refractivity (Wildman–Crippen MR) is 110 cm³/mol. The van der Waals surface area contributed by atoms with Crippen LogP contribution in [0.2, 0.25) is 0 Å². The highest BCUT2D eigenvalue weighted by atomic mass is 19.3. The van der Waals surface area contributed by atoms with Gasteiger partial charge in [-0.2, -0.15) is 8.78 Å². The van der Waals surface area contributed by atoms with Gasteiger partial charge in [0.2, 0.25) is 5.91 Å². The smallest absolute Gasteiger partial charge is 0.387 e. The summed E-state index contributed by atoms with van der Waals surface area (Å²) in [6.45, 7) is -2.62. The van der Waals surface area contributed by atoms with Crippen molar-refractivity contribution in [3.8, 4) is 5.75 Å². The molecule has 0 aliphatic heterocycles. The number of halogens is 2. The van der Waals surface area contributed by atoms with Gasteiger partial charge in [-0.3, -0.25) is 4.79 Å². The summed E-state index contributed by atoms with van der Waals surface area (Å²) in [5.41, 5.74) is 2.73. The standard InChI is InChI=1S/C24H23F2NO3/c1-27(16-18-12-14-21(15-13-18)30-24(25)26)22(28)17-29-23(19-8-4-2-5-9-19)20-10-6-3-7-11-20/h2-15,23-24H,16-17H2,1H3. The first-order valence-corrected chi connectivity index (χ1v) is 9.52. The summed E-state index contributed by atoms with van der Waals surface area (Å²) in [7, 11) is 1.68. The van der Waals surface area contributed by atoms with Gasteiger partial charge in [-0.05, 0) is 28.8 Å². The zero-order valence-corrected chi connectivity index (χ0v) is 16.6. The molecular weight excluding hydrogens is 388 g/mol. The highest BCUT2D eigenvalue weighted by Gasteiger charge is 2.18. The number of likely N-dealkylation sites (N-methyl/N-ethyl adjacent to an activating group) is 1. The van der Waals surface area contributed by atoms with E-state index in [1.165, 1.54) is 17.0 Å². The van der Waals surface area contributed by atoms with E-state index < -0.39 is 6.61 Å². The molecule has 0 aliphatic rings. The van der Waals surface area contributed by atoms with Gasteiger partial charge in [-0.25, -0.2) is 0 Å². The number of carbonyl (C=O) groups is 1. The van der Waals surface area contributed by atoms with Crippen molar-refractivity contribution in [1.82, 2.24) is 4.90 Å².